The summed E-state index contributed by atoms with van der Waals surface area (Å²) in [6.07, 6.45) is 4.75. The van der Waals surface area contributed by atoms with Crippen LogP contribution in [0.15, 0.2) is 35.1 Å². The highest BCUT2D eigenvalue weighted by molar-refractivity contribution is 9.10. The molecule has 2 aromatic rings. The molecule has 1 amide bonds. The van der Waals surface area contributed by atoms with Gasteiger partial charge in [-0.15, -0.1) is 0 Å². The molecular weight excluding hydrogens is 384 g/mol. The summed E-state index contributed by atoms with van der Waals surface area (Å²) in [5.74, 6) is 1.86. The second-order valence-corrected chi connectivity index (χ2v) is 7.08. The molecule has 0 unspecified atom stereocenters. The SMILES string of the molecule is COc1ccc(C(=O)N2CCCN(Cc3nccn3C)CC2)cc1Br. The number of hydrogen-bond donors (Lipinski definition) is 0. The van der Waals surface area contributed by atoms with Gasteiger partial charge in [0.2, 0.25) is 0 Å². The van der Waals surface area contributed by atoms with E-state index in [2.05, 4.69) is 25.8 Å². The molecule has 1 aromatic carbocycles. The van der Waals surface area contributed by atoms with Crippen LogP contribution in [0.3, 0.4) is 0 Å². The largest absolute Gasteiger partial charge is 0.496 e. The lowest BCUT2D eigenvalue weighted by molar-refractivity contribution is 0.0761. The maximum Gasteiger partial charge on any atom is 0.253 e. The van der Waals surface area contributed by atoms with Crippen LogP contribution in [0, 0.1) is 0 Å². The van der Waals surface area contributed by atoms with Gasteiger partial charge in [-0.05, 0) is 40.5 Å². The lowest BCUT2D eigenvalue weighted by Gasteiger charge is -2.22. The summed E-state index contributed by atoms with van der Waals surface area (Å²) in [4.78, 5) is 21.5. The van der Waals surface area contributed by atoms with Gasteiger partial charge in [-0.1, -0.05) is 0 Å². The molecule has 1 fully saturated rings. The first-order chi connectivity index (χ1) is 12.1. The molecule has 134 valence electrons. The van der Waals surface area contributed by atoms with Crippen LogP contribution >= 0.6 is 15.9 Å². The monoisotopic (exact) mass is 406 g/mol. The quantitative estimate of drug-likeness (QED) is 0.782. The number of hydrogen-bond acceptors (Lipinski definition) is 4. The number of methoxy groups -OCH3 is 1. The number of benzene rings is 1. The van der Waals surface area contributed by atoms with Crippen molar-refractivity contribution < 1.29 is 9.53 Å². The Balaban J connectivity index is 1.63. The predicted octanol–water partition coefficient (Wildman–Crippen LogP) is 2.54. The molecule has 0 saturated carbocycles. The number of carbonyl (C=O) groups is 1. The zero-order chi connectivity index (χ0) is 17.8. The molecule has 1 aliphatic heterocycles. The number of carbonyl (C=O) groups excluding carboxylic acids is 1. The summed E-state index contributed by atoms with van der Waals surface area (Å²) >= 11 is 3.45. The maximum atomic E-state index is 12.8. The normalized spacial score (nSPS) is 15.9. The van der Waals surface area contributed by atoms with Gasteiger partial charge >= 0.3 is 0 Å². The van der Waals surface area contributed by atoms with Gasteiger partial charge in [-0.2, -0.15) is 0 Å². The number of ether oxygens (including phenoxy) is 1. The Hall–Kier alpha value is -1.86. The van der Waals surface area contributed by atoms with Crippen molar-refractivity contribution in [2.75, 3.05) is 33.3 Å². The summed E-state index contributed by atoms with van der Waals surface area (Å²) in [6.45, 7) is 4.16. The van der Waals surface area contributed by atoms with Gasteiger partial charge in [-0.3, -0.25) is 9.69 Å². The van der Waals surface area contributed by atoms with Gasteiger partial charge in [-0.25, -0.2) is 4.98 Å². The van der Waals surface area contributed by atoms with Crippen molar-refractivity contribution in [3.63, 3.8) is 0 Å². The minimum atomic E-state index is 0.0715. The van der Waals surface area contributed by atoms with Crippen molar-refractivity contribution in [1.82, 2.24) is 19.4 Å². The molecule has 25 heavy (non-hydrogen) atoms. The third-order valence-electron chi connectivity index (χ3n) is 4.56. The predicted molar refractivity (Wildman–Crippen MR) is 99.7 cm³/mol. The zero-order valence-corrected chi connectivity index (χ0v) is 16.2. The number of rotatable bonds is 4. The molecule has 1 aromatic heterocycles. The highest BCUT2D eigenvalue weighted by Crippen LogP contribution is 2.26. The van der Waals surface area contributed by atoms with Crippen molar-refractivity contribution in [2.45, 2.75) is 13.0 Å². The van der Waals surface area contributed by atoms with Crippen molar-refractivity contribution >= 4 is 21.8 Å². The first-order valence-corrected chi connectivity index (χ1v) is 9.19. The van der Waals surface area contributed by atoms with E-state index in [9.17, 15) is 4.79 Å². The molecule has 7 heteroatoms. The summed E-state index contributed by atoms with van der Waals surface area (Å²) in [5.41, 5.74) is 0.685. The number of imidazole rings is 1. The van der Waals surface area contributed by atoms with Gasteiger partial charge in [0.15, 0.2) is 0 Å². The topological polar surface area (TPSA) is 50.6 Å². The van der Waals surface area contributed by atoms with Gasteiger partial charge in [0.05, 0.1) is 18.1 Å². The highest BCUT2D eigenvalue weighted by atomic mass is 79.9. The molecule has 0 radical (unpaired) electrons. The second kappa shape index (κ2) is 8.01. The Morgan fingerprint density at radius 2 is 2.12 bits per heavy atom. The molecule has 6 nitrogen and oxygen atoms in total. The molecular formula is C18H23BrN4O2. The van der Waals surface area contributed by atoms with E-state index in [0.29, 0.717) is 5.56 Å². The fourth-order valence-corrected chi connectivity index (χ4v) is 3.60. The lowest BCUT2D eigenvalue weighted by atomic mass is 10.2. The molecule has 1 saturated heterocycles. The molecule has 3 rings (SSSR count). The summed E-state index contributed by atoms with van der Waals surface area (Å²) in [5, 5.41) is 0. The van der Waals surface area contributed by atoms with E-state index in [-0.39, 0.29) is 5.91 Å². The average Bonchev–Trinajstić information content (AvgIpc) is 2.87. The fraction of sp³-hybridized carbons (Fsp3) is 0.444. The average molecular weight is 407 g/mol. The van der Waals surface area contributed by atoms with E-state index in [1.165, 1.54) is 0 Å². The molecule has 1 aliphatic rings. The highest BCUT2D eigenvalue weighted by Gasteiger charge is 2.21. The van der Waals surface area contributed by atoms with Crippen LogP contribution in [0.4, 0.5) is 0 Å². The molecule has 0 N–H and O–H groups in total. The fourth-order valence-electron chi connectivity index (χ4n) is 3.06. The lowest BCUT2D eigenvalue weighted by Crippen LogP contribution is -2.35. The molecule has 2 heterocycles. The van der Waals surface area contributed by atoms with Crippen molar-refractivity contribution in [3.05, 3.63) is 46.5 Å². The van der Waals surface area contributed by atoms with Crippen molar-refractivity contribution in [2.24, 2.45) is 7.05 Å². The summed E-state index contributed by atoms with van der Waals surface area (Å²) in [7, 11) is 3.63. The molecule has 0 spiro atoms. The van der Waals surface area contributed by atoms with Crippen LogP contribution < -0.4 is 4.74 Å². The Kier molecular flexibility index (Phi) is 5.75. The van der Waals surface area contributed by atoms with E-state index < -0.39 is 0 Å². The molecule has 0 aliphatic carbocycles. The molecule has 0 bridgehead atoms. The van der Waals surface area contributed by atoms with E-state index in [4.69, 9.17) is 4.74 Å². The minimum Gasteiger partial charge on any atom is -0.496 e. The Morgan fingerprint density at radius 3 is 2.80 bits per heavy atom. The van der Waals surface area contributed by atoms with Gasteiger partial charge in [0.1, 0.15) is 11.6 Å². The third kappa shape index (κ3) is 4.22. The van der Waals surface area contributed by atoms with Crippen LogP contribution in [0.2, 0.25) is 0 Å². The first-order valence-electron chi connectivity index (χ1n) is 8.40. The maximum absolute atomic E-state index is 12.8. The number of aromatic nitrogens is 2. The van der Waals surface area contributed by atoms with E-state index >= 15 is 0 Å². The number of nitrogens with zero attached hydrogens (tertiary/aromatic N) is 4. The first kappa shape index (κ1) is 17.9. The number of aryl methyl sites for hydroxylation is 1. The van der Waals surface area contributed by atoms with Gasteiger partial charge in [0.25, 0.3) is 5.91 Å². The van der Waals surface area contributed by atoms with E-state index in [0.717, 1.165) is 55.2 Å². The number of halogens is 1. The van der Waals surface area contributed by atoms with Gasteiger partial charge < -0.3 is 14.2 Å². The molecule has 0 atom stereocenters. The van der Waals surface area contributed by atoms with Crippen molar-refractivity contribution in [3.8, 4) is 5.75 Å². The Morgan fingerprint density at radius 1 is 1.28 bits per heavy atom. The standard InChI is InChI=1S/C18H23BrN4O2/c1-21-9-6-20-17(21)13-22-7-3-8-23(11-10-22)18(24)14-4-5-16(25-2)15(19)12-14/h4-6,9,12H,3,7-8,10-11,13H2,1-2H3. The van der Waals surface area contributed by atoms with Crippen molar-refractivity contribution in [1.29, 1.82) is 0 Å². The van der Waals surface area contributed by atoms with Crippen LogP contribution in [-0.2, 0) is 13.6 Å². The smallest absolute Gasteiger partial charge is 0.253 e. The second-order valence-electron chi connectivity index (χ2n) is 6.23. The van der Waals surface area contributed by atoms with Crippen LogP contribution in [0.25, 0.3) is 0 Å². The third-order valence-corrected chi connectivity index (χ3v) is 5.18. The summed E-state index contributed by atoms with van der Waals surface area (Å²) < 4.78 is 8.08. The Bertz CT molecular complexity index is 746. The van der Waals surface area contributed by atoms with E-state index in [1.807, 2.05) is 47.1 Å². The van der Waals surface area contributed by atoms with Crippen LogP contribution in [0.1, 0.15) is 22.6 Å². The van der Waals surface area contributed by atoms with Crippen LogP contribution in [-0.4, -0.2) is 58.5 Å². The zero-order valence-electron chi connectivity index (χ0n) is 14.6. The number of amides is 1. The Labute approximate surface area is 156 Å². The summed E-state index contributed by atoms with van der Waals surface area (Å²) in [6, 6.07) is 5.47. The van der Waals surface area contributed by atoms with Gasteiger partial charge in [0, 0.05) is 51.2 Å². The van der Waals surface area contributed by atoms with Crippen LogP contribution in [0.5, 0.6) is 5.75 Å². The van der Waals surface area contributed by atoms with E-state index in [1.54, 1.807) is 7.11 Å². The minimum absolute atomic E-state index is 0.0715.